The highest BCUT2D eigenvalue weighted by Gasteiger charge is 2.35. The molecule has 2 aromatic rings. The van der Waals surface area contributed by atoms with Gasteiger partial charge < -0.3 is 9.64 Å². The summed E-state index contributed by atoms with van der Waals surface area (Å²) in [5.74, 6) is 0.636. The highest BCUT2D eigenvalue weighted by molar-refractivity contribution is 7.91. The van der Waals surface area contributed by atoms with E-state index in [0.29, 0.717) is 30.9 Å². The summed E-state index contributed by atoms with van der Waals surface area (Å²) >= 11 is 0. The predicted molar refractivity (Wildman–Crippen MR) is 106 cm³/mol. The number of sulfone groups is 1. The molecule has 142 valence electrons. The molecule has 27 heavy (non-hydrogen) atoms. The van der Waals surface area contributed by atoms with Gasteiger partial charge in [0.25, 0.3) is 5.91 Å². The van der Waals surface area contributed by atoms with Crippen LogP contribution in [0.5, 0.6) is 5.75 Å². The number of hydrogen-bond donors (Lipinski definition) is 0. The zero-order valence-electron chi connectivity index (χ0n) is 15.1. The summed E-state index contributed by atoms with van der Waals surface area (Å²) in [6.07, 6.45) is 2.13. The molecule has 0 aromatic heterocycles. The van der Waals surface area contributed by atoms with Crippen molar-refractivity contribution in [2.75, 3.05) is 18.1 Å². The number of rotatable bonds is 7. The SMILES string of the molecule is C=CCOc1ccc(C(=O)N(Cc2ccccc2)[C@H]2CCS(=O)(=O)C2)cc1. The van der Waals surface area contributed by atoms with Gasteiger partial charge in [-0.3, -0.25) is 4.79 Å². The Morgan fingerprint density at radius 2 is 1.85 bits per heavy atom. The minimum atomic E-state index is -3.09. The van der Waals surface area contributed by atoms with Gasteiger partial charge in [-0.25, -0.2) is 8.42 Å². The maximum absolute atomic E-state index is 13.1. The molecule has 0 bridgehead atoms. The number of hydrogen-bond acceptors (Lipinski definition) is 4. The topological polar surface area (TPSA) is 63.7 Å². The molecular weight excluding hydrogens is 362 g/mol. The third-order valence-electron chi connectivity index (χ3n) is 4.57. The summed E-state index contributed by atoms with van der Waals surface area (Å²) in [4.78, 5) is 14.8. The van der Waals surface area contributed by atoms with E-state index in [0.717, 1.165) is 5.56 Å². The maximum atomic E-state index is 13.1. The van der Waals surface area contributed by atoms with Crippen LogP contribution in [0.1, 0.15) is 22.3 Å². The van der Waals surface area contributed by atoms with Gasteiger partial charge in [0.1, 0.15) is 12.4 Å². The van der Waals surface area contributed by atoms with E-state index in [1.54, 1.807) is 35.2 Å². The Hall–Kier alpha value is -2.60. The van der Waals surface area contributed by atoms with Crippen LogP contribution in [0.15, 0.2) is 67.3 Å². The third kappa shape index (κ3) is 4.98. The molecule has 6 heteroatoms. The second-order valence-electron chi connectivity index (χ2n) is 6.60. The molecule has 1 fully saturated rings. The van der Waals surface area contributed by atoms with E-state index < -0.39 is 9.84 Å². The van der Waals surface area contributed by atoms with Gasteiger partial charge in [0.2, 0.25) is 0 Å². The number of amides is 1. The smallest absolute Gasteiger partial charge is 0.254 e. The molecule has 0 saturated carbocycles. The lowest BCUT2D eigenvalue weighted by Crippen LogP contribution is -2.40. The van der Waals surface area contributed by atoms with Crippen molar-refractivity contribution in [1.29, 1.82) is 0 Å². The normalized spacial score (nSPS) is 18.0. The lowest BCUT2D eigenvalue weighted by atomic mass is 10.1. The third-order valence-corrected chi connectivity index (χ3v) is 6.33. The van der Waals surface area contributed by atoms with Crippen LogP contribution in [0.3, 0.4) is 0 Å². The molecule has 0 N–H and O–H groups in total. The van der Waals surface area contributed by atoms with E-state index in [1.807, 2.05) is 30.3 Å². The molecule has 1 atom stereocenters. The predicted octanol–water partition coefficient (Wildman–Crippen LogP) is 3.08. The van der Waals surface area contributed by atoms with E-state index >= 15 is 0 Å². The summed E-state index contributed by atoms with van der Waals surface area (Å²) in [5.41, 5.74) is 1.49. The van der Waals surface area contributed by atoms with Crippen LogP contribution >= 0.6 is 0 Å². The second-order valence-corrected chi connectivity index (χ2v) is 8.83. The maximum Gasteiger partial charge on any atom is 0.254 e. The fourth-order valence-electron chi connectivity index (χ4n) is 3.18. The molecule has 0 unspecified atom stereocenters. The Morgan fingerprint density at radius 3 is 2.44 bits per heavy atom. The minimum absolute atomic E-state index is 0.0199. The van der Waals surface area contributed by atoms with Crippen LogP contribution in [0.25, 0.3) is 0 Å². The van der Waals surface area contributed by atoms with Crippen LogP contribution in [0, 0.1) is 0 Å². The zero-order chi connectivity index (χ0) is 19.3. The summed E-state index contributed by atoms with van der Waals surface area (Å²) < 4.78 is 29.3. The van der Waals surface area contributed by atoms with Crippen LogP contribution in [-0.2, 0) is 16.4 Å². The van der Waals surface area contributed by atoms with E-state index in [1.165, 1.54) is 0 Å². The first-order valence-corrected chi connectivity index (χ1v) is 10.7. The van der Waals surface area contributed by atoms with Crippen LogP contribution in [0.4, 0.5) is 0 Å². The van der Waals surface area contributed by atoms with Gasteiger partial charge in [-0.15, -0.1) is 0 Å². The van der Waals surface area contributed by atoms with Gasteiger partial charge in [-0.2, -0.15) is 0 Å². The van der Waals surface area contributed by atoms with E-state index in [4.69, 9.17) is 4.74 Å². The Bertz CT molecular complexity index is 892. The molecule has 1 aliphatic heterocycles. The van der Waals surface area contributed by atoms with Crippen molar-refractivity contribution < 1.29 is 17.9 Å². The number of ether oxygens (including phenoxy) is 1. The highest BCUT2D eigenvalue weighted by Crippen LogP contribution is 2.23. The Kier molecular flexibility index (Phi) is 5.96. The van der Waals surface area contributed by atoms with Crippen molar-refractivity contribution in [3.05, 3.63) is 78.4 Å². The van der Waals surface area contributed by atoms with Gasteiger partial charge in [0.05, 0.1) is 11.5 Å². The molecule has 0 aliphatic carbocycles. The molecular formula is C21H23NO4S. The summed E-state index contributed by atoms with van der Waals surface area (Å²) in [7, 11) is -3.09. The highest BCUT2D eigenvalue weighted by atomic mass is 32.2. The van der Waals surface area contributed by atoms with E-state index in [9.17, 15) is 13.2 Å². The van der Waals surface area contributed by atoms with Crippen molar-refractivity contribution in [2.45, 2.75) is 19.0 Å². The molecule has 2 aromatic carbocycles. The average Bonchev–Trinajstić information content (AvgIpc) is 3.04. The average molecular weight is 385 g/mol. The lowest BCUT2D eigenvalue weighted by Gasteiger charge is -2.28. The monoisotopic (exact) mass is 385 g/mol. The van der Waals surface area contributed by atoms with Crippen LogP contribution in [-0.4, -0.2) is 43.4 Å². The summed E-state index contributed by atoms with van der Waals surface area (Å²) in [6.45, 7) is 4.39. The summed E-state index contributed by atoms with van der Waals surface area (Å²) in [5, 5.41) is 0. The minimum Gasteiger partial charge on any atom is -0.490 e. The van der Waals surface area contributed by atoms with Gasteiger partial charge in [0, 0.05) is 18.2 Å². The number of carbonyl (C=O) groups is 1. The number of benzene rings is 2. The first-order chi connectivity index (χ1) is 13.0. The lowest BCUT2D eigenvalue weighted by molar-refractivity contribution is 0.0681. The molecule has 1 saturated heterocycles. The fraction of sp³-hybridized carbons (Fsp3) is 0.286. The van der Waals surface area contributed by atoms with Crippen molar-refractivity contribution in [2.24, 2.45) is 0 Å². The van der Waals surface area contributed by atoms with Crippen molar-refractivity contribution in [3.8, 4) is 5.75 Å². The van der Waals surface area contributed by atoms with Crippen LogP contribution < -0.4 is 4.74 Å². The Labute approximate surface area is 160 Å². The second kappa shape index (κ2) is 8.39. The number of nitrogens with zero attached hydrogens (tertiary/aromatic N) is 1. The first-order valence-electron chi connectivity index (χ1n) is 8.87. The van der Waals surface area contributed by atoms with Crippen molar-refractivity contribution in [1.82, 2.24) is 4.90 Å². The van der Waals surface area contributed by atoms with Gasteiger partial charge in [0.15, 0.2) is 9.84 Å². The Balaban J connectivity index is 1.82. The Morgan fingerprint density at radius 1 is 1.15 bits per heavy atom. The fourth-order valence-corrected chi connectivity index (χ4v) is 4.91. The molecule has 1 amide bonds. The molecule has 5 nitrogen and oxygen atoms in total. The standard InChI is InChI=1S/C21H23NO4S/c1-2-13-26-20-10-8-18(9-11-20)21(23)22(15-17-6-4-3-5-7-17)19-12-14-27(24,25)16-19/h2-11,19H,1,12-16H2/t19-/m0/s1. The van der Waals surface area contributed by atoms with E-state index in [-0.39, 0.29) is 23.5 Å². The zero-order valence-corrected chi connectivity index (χ0v) is 15.9. The van der Waals surface area contributed by atoms with E-state index in [2.05, 4.69) is 6.58 Å². The summed E-state index contributed by atoms with van der Waals surface area (Å²) in [6, 6.07) is 16.2. The molecule has 1 aliphatic rings. The number of carbonyl (C=O) groups excluding carboxylic acids is 1. The molecule has 1 heterocycles. The van der Waals surface area contributed by atoms with Crippen molar-refractivity contribution >= 4 is 15.7 Å². The first kappa shape index (κ1) is 19.2. The van der Waals surface area contributed by atoms with Crippen molar-refractivity contribution in [3.63, 3.8) is 0 Å². The molecule has 0 radical (unpaired) electrons. The molecule has 3 rings (SSSR count). The largest absolute Gasteiger partial charge is 0.490 e. The van der Waals surface area contributed by atoms with Gasteiger partial charge >= 0.3 is 0 Å². The van der Waals surface area contributed by atoms with Gasteiger partial charge in [-0.1, -0.05) is 43.0 Å². The molecule has 0 spiro atoms. The van der Waals surface area contributed by atoms with Gasteiger partial charge in [-0.05, 0) is 36.2 Å². The quantitative estimate of drug-likeness (QED) is 0.687. The van der Waals surface area contributed by atoms with Crippen LogP contribution in [0.2, 0.25) is 0 Å².